The van der Waals surface area contributed by atoms with Crippen LogP contribution in [0, 0.1) is 0 Å². The molecule has 6 nitrogen and oxygen atoms in total. The number of nitrogens with one attached hydrogen (secondary N) is 1. The average Bonchev–Trinajstić information content (AvgIpc) is 3.23. The van der Waals surface area contributed by atoms with E-state index in [-0.39, 0.29) is 0 Å². The Morgan fingerprint density at radius 3 is 2.46 bits per heavy atom. The van der Waals surface area contributed by atoms with Crippen molar-refractivity contribution in [3.8, 4) is 11.5 Å². The van der Waals surface area contributed by atoms with E-state index >= 15 is 0 Å². The Balaban J connectivity index is 1.93. The number of rotatable bonds is 9. The summed E-state index contributed by atoms with van der Waals surface area (Å²) in [6.45, 7) is 1.65. The minimum atomic E-state index is 0.316. The average molecular weight is 405 g/mol. The maximum Gasteiger partial charge on any atom is 0.193 e. The molecule has 0 spiro atoms. The van der Waals surface area contributed by atoms with Crippen molar-refractivity contribution >= 4 is 17.3 Å². The van der Waals surface area contributed by atoms with E-state index in [4.69, 9.17) is 9.47 Å². The molecule has 7 heteroatoms. The smallest absolute Gasteiger partial charge is 0.193 e. The summed E-state index contributed by atoms with van der Waals surface area (Å²) in [6, 6.07) is 10.6. The molecule has 28 heavy (non-hydrogen) atoms. The minimum Gasteiger partial charge on any atom is -0.493 e. The summed E-state index contributed by atoms with van der Waals surface area (Å²) in [5.41, 5.74) is 1.20. The van der Waals surface area contributed by atoms with Crippen molar-refractivity contribution in [1.82, 2.24) is 15.1 Å². The number of methoxy groups -OCH3 is 2. The van der Waals surface area contributed by atoms with Gasteiger partial charge in [-0.15, -0.1) is 11.3 Å². The van der Waals surface area contributed by atoms with Crippen LogP contribution in [-0.2, 0) is 6.42 Å². The SMILES string of the molecule is CN=C(NCC(c1cccs1)N(C)C)N(C)CCc1ccc(OC)c(OC)c1. The molecule has 0 aliphatic rings. The number of nitrogens with zero attached hydrogens (tertiary/aromatic N) is 3. The fourth-order valence-corrected chi connectivity index (χ4v) is 3.95. The molecule has 1 aromatic carbocycles. The third-order valence-electron chi connectivity index (χ3n) is 4.71. The van der Waals surface area contributed by atoms with Gasteiger partial charge in [0.25, 0.3) is 0 Å². The van der Waals surface area contributed by atoms with E-state index in [0.717, 1.165) is 37.0 Å². The molecule has 1 aromatic heterocycles. The van der Waals surface area contributed by atoms with Crippen LogP contribution in [0.25, 0.3) is 0 Å². The Morgan fingerprint density at radius 1 is 1.14 bits per heavy atom. The molecule has 0 amide bonds. The summed E-state index contributed by atoms with van der Waals surface area (Å²) in [7, 11) is 11.4. The van der Waals surface area contributed by atoms with E-state index in [1.165, 1.54) is 10.4 Å². The standard InChI is InChI=1S/C21H32N4O2S/c1-22-21(23-15-17(24(2)3)20-8-7-13-28-20)25(4)12-11-16-9-10-18(26-5)19(14-16)27-6/h7-10,13-14,17H,11-12,15H2,1-6H3,(H,22,23). The van der Waals surface area contributed by atoms with Gasteiger partial charge in [0.15, 0.2) is 17.5 Å². The van der Waals surface area contributed by atoms with Crippen molar-refractivity contribution in [3.63, 3.8) is 0 Å². The molecule has 1 N–H and O–H groups in total. The van der Waals surface area contributed by atoms with E-state index in [2.05, 4.69) is 64.8 Å². The van der Waals surface area contributed by atoms with Gasteiger partial charge in [-0.2, -0.15) is 0 Å². The van der Waals surface area contributed by atoms with Crippen molar-refractivity contribution in [2.75, 3.05) is 55.5 Å². The molecule has 0 aliphatic heterocycles. The number of thiophene rings is 1. The van der Waals surface area contributed by atoms with Crippen molar-refractivity contribution < 1.29 is 9.47 Å². The lowest BCUT2D eigenvalue weighted by Crippen LogP contribution is -2.43. The molecule has 2 rings (SSSR count). The highest BCUT2D eigenvalue weighted by molar-refractivity contribution is 7.10. The number of benzene rings is 1. The van der Waals surface area contributed by atoms with Crippen LogP contribution in [0.1, 0.15) is 16.5 Å². The Morgan fingerprint density at radius 2 is 1.89 bits per heavy atom. The largest absolute Gasteiger partial charge is 0.493 e. The lowest BCUT2D eigenvalue weighted by molar-refractivity contribution is 0.299. The van der Waals surface area contributed by atoms with Crippen LogP contribution in [0.3, 0.4) is 0 Å². The molecular weight excluding hydrogens is 372 g/mol. The number of hydrogen-bond donors (Lipinski definition) is 1. The minimum absolute atomic E-state index is 0.316. The topological polar surface area (TPSA) is 49.3 Å². The molecule has 1 unspecified atom stereocenters. The van der Waals surface area contributed by atoms with Gasteiger partial charge in [-0.1, -0.05) is 12.1 Å². The number of likely N-dealkylation sites (N-methyl/N-ethyl adjacent to an activating group) is 2. The Hall–Kier alpha value is -2.25. The maximum atomic E-state index is 5.40. The van der Waals surface area contributed by atoms with Crippen LogP contribution in [-0.4, -0.2) is 71.3 Å². The van der Waals surface area contributed by atoms with Crippen molar-refractivity contribution in [2.24, 2.45) is 4.99 Å². The van der Waals surface area contributed by atoms with Crippen LogP contribution in [0.4, 0.5) is 0 Å². The maximum absolute atomic E-state index is 5.40. The molecule has 0 bridgehead atoms. The van der Waals surface area contributed by atoms with Crippen molar-refractivity contribution in [2.45, 2.75) is 12.5 Å². The second-order valence-corrected chi connectivity index (χ2v) is 7.76. The molecule has 1 heterocycles. The summed E-state index contributed by atoms with van der Waals surface area (Å²) < 4.78 is 10.7. The van der Waals surface area contributed by atoms with E-state index in [0.29, 0.717) is 6.04 Å². The number of hydrogen-bond acceptors (Lipinski definition) is 5. The molecule has 0 aliphatic carbocycles. The van der Waals surface area contributed by atoms with Gasteiger partial charge in [0, 0.05) is 32.1 Å². The van der Waals surface area contributed by atoms with Gasteiger partial charge in [-0.3, -0.25) is 4.99 Å². The van der Waals surface area contributed by atoms with Crippen LogP contribution >= 0.6 is 11.3 Å². The van der Waals surface area contributed by atoms with Gasteiger partial charge in [-0.05, 0) is 49.7 Å². The fourth-order valence-electron chi connectivity index (χ4n) is 3.03. The van der Waals surface area contributed by atoms with Gasteiger partial charge in [0.2, 0.25) is 0 Å². The van der Waals surface area contributed by atoms with Gasteiger partial charge in [0.1, 0.15) is 0 Å². The van der Waals surface area contributed by atoms with E-state index in [1.54, 1.807) is 25.6 Å². The quantitative estimate of drug-likeness (QED) is 0.514. The molecule has 0 fully saturated rings. The molecule has 0 radical (unpaired) electrons. The van der Waals surface area contributed by atoms with Crippen LogP contribution in [0.15, 0.2) is 40.7 Å². The first-order chi connectivity index (χ1) is 13.5. The van der Waals surface area contributed by atoms with Crippen LogP contribution < -0.4 is 14.8 Å². The zero-order valence-corrected chi connectivity index (χ0v) is 18.5. The molecule has 1 atom stereocenters. The Kier molecular flexibility index (Phi) is 8.60. The number of guanidine groups is 1. The lowest BCUT2D eigenvalue weighted by Gasteiger charge is -2.27. The summed E-state index contributed by atoms with van der Waals surface area (Å²) in [4.78, 5) is 10.2. The Bertz CT molecular complexity index is 747. The first-order valence-corrected chi connectivity index (χ1v) is 10.2. The summed E-state index contributed by atoms with van der Waals surface area (Å²) >= 11 is 1.78. The third-order valence-corrected chi connectivity index (χ3v) is 5.68. The normalized spacial score (nSPS) is 12.8. The first-order valence-electron chi connectivity index (χ1n) is 9.32. The lowest BCUT2D eigenvalue weighted by atomic mass is 10.1. The summed E-state index contributed by atoms with van der Waals surface area (Å²) in [5, 5.41) is 5.63. The molecule has 154 valence electrons. The highest BCUT2D eigenvalue weighted by Gasteiger charge is 2.16. The predicted octanol–water partition coefficient (Wildman–Crippen LogP) is 3.12. The molecular formula is C21H32N4O2S. The third kappa shape index (κ3) is 5.87. The summed E-state index contributed by atoms with van der Waals surface area (Å²) in [6.07, 6.45) is 0.888. The van der Waals surface area contributed by atoms with E-state index < -0.39 is 0 Å². The van der Waals surface area contributed by atoms with Crippen LogP contribution in [0.5, 0.6) is 11.5 Å². The fraction of sp³-hybridized carbons (Fsp3) is 0.476. The van der Waals surface area contributed by atoms with E-state index in [9.17, 15) is 0 Å². The predicted molar refractivity (Wildman–Crippen MR) is 118 cm³/mol. The van der Waals surface area contributed by atoms with Gasteiger partial charge in [0.05, 0.1) is 20.3 Å². The van der Waals surface area contributed by atoms with Crippen LogP contribution in [0.2, 0.25) is 0 Å². The number of ether oxygens (including phenoxy) is 2. The first kappa shape index (κ1) is 22.0. The van der Waals surface area contributed by atoms with E-state index in [1.807, 2.05) is 19.2 Å². The zero-order chi connectivity index (χ0) is 20.5. The van der Waals surface area contributed by atoms with Gasteiger partial charge >= 0.3 is 0 Å². The molecule has 0 saturated carbocycles. The monoisotopic (exact) mass is 404 g/mol. The second-order valence-electron chi connectivity index (χ2n) is 6.78. The molecule has 0 saturated heterocycles. The highest BCUT2D eigenvalue weighted by Crippen LogP contribution is 2.27. The zero-order valence-electron chi connectivity index (χ0n) is 17.7. The number of aliphatic imine (C=N–C) groups is 1. The van der Waals surface area contributed by atoms with Crippen molar-refractivity contribution in [1.29, 1.82) is 0 Å². The highest BCUT2D eigenvalue weighted by atomic mass is 32.1. The second kappa shape index (κ2) is 10.9. The van der Waals surface area contributed by atoms with Gasteiger partial charge < -0.3 is 24.6 Å². The van der Waals surface area contributed by atoms with Gasteiger partial charge in [-0.25, -0.2) is 0 Å². The summed E-state index contributed by atoms with van der Waals surface area (Å²) in [5.74, 6) is 2.40. The Labute approximate surface area is 172 Å². The van der Waals surface area contributed by atoms with Crippen molar-refractivity contribution in [3.05, 3.63) is 46.2 Å². The molecule has 2 aromatic rings.